The van der Waals surface area contributed by atoms with E-state index in [1.165, 1.54) is 5.56 Å². The van der Waals surface area contributed by atoms with Gasteiger partial charge in [-0.3, -0.25) is 4.90 Å². The van der Waals surface area contributed by atoms with Crippen LogP contribution >= 0.6 is 0 Å². The Bertz CT molecular complexity index is 1340. The smallest absolute Gasteiger partial charge is 0.490 e. The highest BCUT2D eigenvalue weighted by Crippen LogP contribution is 2.51. The number of benzene rings is 2. The van der Waals surface area contributed by atoms with E-state index in [9.17, 15) is 35.5 Å². The van der Waals surface area contributed by atoms with Crippen molar-refractivity contribution in [1.82, 2.24) is 10.2 Å². The number of nitrogens with zero attached hydrogens (tertiary/aromatic N) is 1. The van der Waals surface area contributed by atoms with Gasteiger partial charge in [0, 0.05) is 29.2 Å². The zero-order chi connectivity index (χ0) is 33.0. The maximum atomic E-state index is 13.6. The summed E-state index contributed by atoms with van der Waals surface area (Å²) < 4.78 is 95.4. The fraction of sp³-hybridized carbons (Fsp3) is 0.517. The van der Waals surface area contributed by atoms with Crippen LogP contribution in [0.2, 0.25) is 0 Å². The van der Waals surface area contributed by atoms with E-state index in [1.807, 2.05) is 12.1 Å². The number of fused-ring (bicyclic) bond motifs is 1. The third-order valence-electron chi connectivity index (χ3n) is 8.03. The molecule has 2 aliphatic rings. The number of carbonyl (C=O) groups is 2. The topological polar surface area (TPSA) is 100 Å². The molecule has 244 valence electrons. The first kappa shape index (κ1) is 34.7. The summed E-state index contributed by atoms with van der Waals surface area (Å²) >= 11 is 0. The minimum Gasteiger partial charge on any atom is -0.493 e. The first-order chi connectivity index (χ1) is 20.4. The molecule has 0 aromatic heterocycles. The van der Waals surface area contributed by atoms with E-state index in [0.717, 1.165) is 25.5 Å². The summed E-state index contributed by atoms with van der Waals surface area (Å²) in [6.45, 7) is 5.23. The maximum Gasteiger partial charge on any atom is 0.490 e. The van der Waals surface area contributed by atoms with Crippen molar-refractivity contribution in [2.24, 2.45) is 0 Å². The fourth-order valence-electron chi connectivity index (χ4n) is 5.99. The number of amides is 2. The molecule has 1 saturated heterocycles. The molecule has 0 bridgehead atoms. The number of carboxylic acids is 1. The molecule has 1 aliphatic carbocycles. The van der Waals surface area contributed by atoms with E-state index in [2.05, 4.69) is 35.4 Å². The van der Waals surface area contributed by atoms with E-state index >= 15 is 0 Å². The summed E-state index contributed by atoms with van der Waals surface area (Å²) in [6, 6.07) is 8.17. The molecular weight excluding hydrogens is 603 g/mol. The fourth-order valence-corrected chi connectivity index (χ4v) is 5.99. The van der Waals surface area contributed by atoms with Gasteiger partial charge in [0.25, 0.3) is 0 Å². The molecule has 1 heterocycles. The molecule has 0 radical (unpaired) electrons. The number of methoxy groups -OCH3 is 2. The number of halogens is 7. The van der Waals surface area contributed by atoms with Crippen LogP contribution in [-0.2, 0) is 16.4 Å². The van der Waals surface area contributed by atoms with Gasteiger partial charge in [-0.25, -0.2) is 14.0 Å². The highest BCUT2D eigenvalue weighted by atomic mass is 19.4. The first-order valence-electron chi connectivity index (χ1n) is 13.7. The van der Waals surface area contributed by atoms with Crippen molar-refractivity contribution >= 4 is 17.7 Å². The number of carbonyl (C=O) groups excluding carboxylic acids is 1. The van der Waals surface area contributed by atoms with Crippen molar-refractivity contribution in [3.05, 3.63) is 53.3 Å². The Labute approximate surface area is 249 Å². The van der Waals surface area contributed by atoms with E-state index in [-0.39, 0.29) is 23.2 Å². The van der Waals surface area contributed by atoms with E-state index in [4.69, 9.17) is 19.4 Å². The Morgan fingerprint density at radius 1 is 1.00 bits per heavy atom. The Hall–Kier alpha value is -3.75. The minimum absolute atomic E-state index is 0.114. The normalized spacial score (nSPS) is 22.0. The summed E-state index contributed by atoms with van der Waals surface area (Å²) in [5.74, 6) is -2.80. The van der Waals surface area contributed by atoms with Gasteiger partial charge in [0.05, 0.1) is 19.8 Å². The molecule has 2 amide bonds. The predicted octanol–water partition coefficient (Wildman–Crippen LogP) is 6.59. The molecule has 3 atom stereocenters. The van der Waals surface area contributed by atoms with E-state index in [0.29, 0.717) is 42.5 Å². The van der Waals surface area contributed by atoms with Crippen molar-refractivity contribution in [3.63, 3.8) is 0 Å². The highest BCUT2D eigenvalue weighted by molar-refractivity contribution is 5.89. The zero-order valence-electron chi connectivity index (χ0n) is 24.4. The quantitative estimate of drug-likeness (QED) is 0.309. The van der Waals surface area contributed by atoms with Crippen molar-refractivity contribution in [2.75, 3.05) is 26.1 Å². The van der Waals surface area contributed by atoms with Gasteiger partial charge in [-0.15, -0.1) is 0 Å². The average Bonchev–Trinajstić information content (AvgIpc) is 3.33. The monoisotopic (exact) mass is 637 g/mol. The number of urea groups is 1. The minimum atomic E-state index is -5.08. The molecule has 2 aromatic rings. The average molecular weight is 638 g/mol. The number of carboxylic acid groups (broad SMARTS) is 1. The Morgan fingerprint density at radius 3 is 2.18 bits per heavy atom. The number of alkyl halides is 6. The molecule has 15 heteroatoms. The number of anilines is 1. The third-order valence-corrected chi connectivity index (χ3v) is 8.03. The van der Waals surface area contributed by atoms with Gasteiger partial charge in [-0.05, 0) is 82.0 Å². The largest absolute Gasteiger partial charge is 0.493 e. The van der Waals surface area contributed by atoms with Gasteiger partial charge in [-0.2, -0.15) is 26.3 Å². The summed E-state index contributed by atoms with van der Waals surface area (Å²) in [6.07, 6.45) is -6.73. The zero-order valence-corrected chi connectivity index (χ0v) is 24.4. The van der Waals surface area contributed by atoms with Gasteiger partial charge in [-0.1, -0.05) is 6.07 Å². The molecule has 8 nitrogen and oxygen atoms in total. The second kappa shape index (κ2) is 13.5. The number of hydrogen-bond donors (Lipinski definition) is 3. The highest BCUT2D eigenvalue weighted by Gasteiger charge is 2.52. The summed E-state index contributed by atoms with van der Waals surface area (Å²) in [5.41, 5.74) is -0.475. The summed E-state index contributed by atoms with van der Waals surface area (Å²) in [7, 11) is 3.22. The van der Waals surface area contributed by atoms with Gasteiger partial charge in [0.1, 0.15) is 5.82 Å². The number of hydrogen-bond acceptors (Lipinski definition) is 5. The predicted molar refractivity (Wildman–Crippen MR) is 146 cm³/mol. The van der Waals surface area contributed by atoms with Gasteiger partial charge >= 0.3 is 24.4 Å². The molecule has 0 spiro atoms. The maximum absolute atomic E-state index is 13.6. The van der Waals surface area contributed by atoms with Crippen LogP contribution in [0.25, 0.3) is 0 Å². The van der Waals surface area contributed by atoms with E-state index in [1.54, 1.807) is 14.2 Å². The number of nitrogens with one attached hydrogen (secondary N) is 2. The van der Waals surface area contributed by atoms with Crippen molar-refractivity contribution in [2.45, 2.75) is 75.4 Å². The van der Waals surface area contributed by atoms with Crippen molar-refractivity contribution < 1.29 is 54.9 Å². The van der Waals surface area contributed by atoms with Crippen LogP contribution in [0.1, 0.15) is 50.7 Å². The molecule has 3 N–H and O–H groups in total. The molecule has 1 saturated carbocycles. The van der Waals surface area contributed by atoms with Crippen molar-refractivity contribution in [1.29, 1.82) is 0 Å². The van der Waals surface area contributed by atoms with E-state index < -0.39 is 35.7 Å². The first-order valence-corrected chi connectivity index (χ1v) is 13.7. The van der Waals surface area contributed by atoms with Gasteiger partial charge < -0.3 is 25.2 Å². The Balaban J connectivity index is 0.000000676. The lowest BCUT2D eigenvalue weighted by Crippen LogP contribution is -2.54. The molecule has 3 unspecified atom stereocenters. The van der Waals surface area contributed by atoms with Gasteiger partial charge in [0.2, 0.25) is 0 Å². The van der Waals surface area contributed by atoms with Gasteiger partial charge in [0.15, 0.2) is 11.5 Å². The SMILES string of the molecule is COc1ccc(C23CCC(NC(=O)Nc4ccc(F)c(C(F)(F)F)c4)CC2N(C(C)C)CC3)cc1OC.O=C(O)C(F)(F)F. The Kier molecular flexibility index (Phi) is 10.6. The lowest BCUT2D eigenvalue weighted by atomic mass is 9.65. The number of likely N-dealkylation sites (tertiary alicyclic amines) is 1. The second-order valence-electron chi connectivity index (χ2n) is 10.9. The lowest BCUT2D eigenvalue weighted by molar-refractivity contribution is -0.192. The Morgan fingerprint density at radius 2 is 1.64 bits per heavy atom. The number of aliphatic carboxylic acids is 1. The second-order valence-corrected chi connectivity index (χ2v) is 10.9. The standard InChI is InChI=1S/C27H33F4N3O3.C2HF3O2/c1-16(2)34-12-11-26(17-5-8-22(36-3)23(13-17)37-4)10-9-19(15-24(26)34)33-25(35)32-18-6-7-21(28)20(14-18)27(29,30)31;3-2(4,5)1(6)7/h5-8,13-14,16,19,24H,9-12,15H2,1-4H3,(H2,32,33,35);(H,6,7). The van der Waals surface area contributed by atoms with Crippen LogP contribution in [-0.4, -0.2) is 67.1 Å². The molecular formula is C29H34F7N3O5. The summed E-state index contributed by atoms with van der Waals surface area (Å²) in [4.78, 5) is 24.0. The third kappa shape index (κ3) is 7.85. The molecule has 44 heavy (non-hydrogen) atoms. The van der Waals surface area contributed by atoms with Crippen LogP contribution in [0.4, 0.5) is 41.2 Å². The lowest BCUT2D eigenvalue weighted by Gasteiger charge is -2.46. The molecule has 2 aromatic carbocycles. The number of ether oxygens (including phenoxy) is 2. The molecule has 2 fully saturated rings. The summed E-state index contributed by atoms with van der Waals surface area (Å²) in [5, 5.41) is 12.5. The molecule has 4 rings (SSSR count). The van der Waals surface area contributed by atoms with Crippen molar-refractivity contribution in [3.8, 4) is 11.5 Å². The van der Waals surface area contributed by atoms with Crippen LogP contribution in [0.3, 0.4) is 0 Å². The van der Waals surface area contributed by atoms with Crippen LogP contribution in [0, 0.1) is 5.82 Å². The molecule has 1 aliphatic heterocycles. The number of rotatable bonds is 6. The van der Waals surface area contributed by atoms with Crippen LogP contribution in [0.5, 0.6) is 11.5 Å². The van der Waals surface area contributed by atoms with Crippen LogP contribution in [0.15, 0.2) is 36.4 Å². The van der Waals surface area contributed by atoms with Crippen LogP contribution < -0.4 is 20.1 Å².